The third-order valence-corrected chi connectivity index (χ3v) is 4.41. The first kappa shape index (κ1) is 15.7. The van der Waals surface area contributed by atoms with Crippen molar-refractivity contribution in [1.82, 2.24) is 4.90 Å². The van der Waals surface area contributed by atoms with Crippen LogP contribution in [-0.4, -0.2) is 23.9 Å². The van der Waals surface area contributed by atoms with Gasteiger partial charge in [-0.05, 0) is 49.6 Å². The lowest BCUT2D eigenvalue weighted by Crippen LogP contribution is -2.33. The fourth-order valence-corrected chi connectivity index (χ4v) is 3.27. The highest BCUT2D eigenvalue weighted by Crippen LogP contribution is 2.33. The number of carbonyl (C=O) groups is 1. The maximum atomic E-state index is 13.6. The average molecular weight is 312 g/mol. The minimum atomic E-state index is -0.405. The first-order valence-electron chi connectivity index (χ1n) is 7.99. The van der Waals surface area contributed by atoms with Crippen molar-refractivity contribution in [3.05, 3.63) is 65.5 Å². The third kappa shape index (κ3) is 3.59. The van der Waals surface area contributed by atoms with Gasteiger partial charge in [0, 0.05) is 6.04 Å². The smallest absolute Gasteiger partial charge is 0.238 e. The molecule has 1 unspecified atom stereocenters. The number of nitrogens with one attached hydrogen (secondary N) is 1. The predicted octanol–water partition coefficient (Wildman–Crippen LogP) is 3.91. The number of benzene rings is 2. The second-order valence-corrected chi connectivity index (χ2v) is 6.01. The molecule has 23 heavy (non-hydrogen) atoms. The standard InChI is InChI=1S/C19H21FN2O/c1-14-7-2-3-8-15(14)18-11-6-12-22(18)13-19(23)21-17-10-5-4-9-16(17)20/h2-5,7-10,18H,6,11-13H2,1H3,(H,21,23). The first-order valence-corrected chi connectivity index (χ1v) is 7.99. The van der Waals surface area contributed by atoms with Gasteiger partial charge < -0.3 is 5.32 Å². The van der Waals surface area contributed by atoms with Crippen LogP contribution in [0.1, 0.15) is 30.0 Å². The molecule has 2 aromatic rings. The van der Waals surface area contributed by atoms with Gasteiger partial charge in [-0.25, -0.2) is 4.39 Å². The summed E-state index contributed by atoms with van der Waals surface area (Å²) < 4.78 is 13.6. The summed E-state index contributed by atoms with van der Waals surface area (Å²) in [6.45, 7) is 3.28. The van der Waals surface area contributed by atoms with Gasteiger partial charge >= 0.3 is 0 Å². The zero-order valence-corrected chi connectivity index (χ0v) is 13.3. The summed E-state index contributed by atoms with van der Waals surface area (Å²) in [5, 5.41) is 2.67. The number of amides is 1. The molecule has 3 rings (SSSR count). The Bertz CT molecular complexity index is 701. The number of halogens is 1. The van der Waals surface area contributed by atoms with Gasteiger partial charge in [-0.15, -0.1) is 0 Å². The predicted molar refractivity (Wildman–Crippen MR) is 89.8 cm³/mol. The Morgan fingerprint density at radius 1 is 1.22 bits per heavy atom. The SMILES string of the molecule is Cc1ccccc1C1CCCN1CC(=O)Nc1ccccc1F. The van der Waals surface area contributed by atoms with Crippen molar-refractivity contribution in [2.45, 2.75) is 25.8 Å². The molecule has 0 aliphatic carbocycles. The molecule has 0 bridgehead atoms. The lowest BCUT2D eigenvalue weighted by molar-refractivity contribution is -0.117. The monoisotopic (exact) mass is 312 g/mol. The van der Waals surface area contributed by atoms with Crippen LogP contribution in [0.15, 0.2) is 48.5 Å². The van der Waals surface area contributed by atoms with Crippen LogP contribution in [0.3, 0.4) is 0 Å². The fourth-order valence-electron chi connectivity index (χ4n) is 3.27. The Morgan fingerprint density at radius 3 is 2.74 bits per heavy atom. The molecule has 1 amide bonds. The second kappa shape index (κ2) is 6.92. The van der Waals surface area contributed by atoms with Crippen LogP contribution in [-0.2, 0) is 4.79 Å². The molecule has 0 radical (unpaired) electrons. The van der Waals surface area contributed by atoms with Crippen molar-refractivity contribution in [2.24, 2.45) is 0 Å². The summed E-state index contributed by atoms with van der Waals surface area (Å²) in [5.41, 5.74) is 2.77. The highest BCUT2D eigenvalue weighted by Gasteiger charge is 2.28. The summed E-state index contributed by atoms with van der Waals surface area (Å²) in [7, 11) is 0. The average Bonchev–Trinajstić information content (AvgIpc) is 2.98. The number of hydrogen-bond donors (Lipinski definition) is 1. The maximum Gasteiger partial charge on any atom is 0.238 e. The highest BCUT2D eigenvalue weighted by molar-refractivity contribution is 5.92. The zero-order valence-electron chi connectivity index (χ0n) is 13.3. The Morgan fingerprint density at radius 2 is 1.96 bits per heavy atom. The number of anilines is 1. The minimum absolute atomic E-state index is 0.171. The number of carbonyl (C=O) groups excluding carboxylic acids is 1. The number of nitrogens with zero attached hydrogens (tertiary/aromatic N) is 1. The number of likely N-dealkylation sites (tertiary alicyclic amines) is 1. The van der Waals surface area contributed by atoms with E-state index in [1.807, 2.05) is 12.1 Å². The molecule has 1 N–H and O–H groups in total. The number of aryl methyl sites for hydroxylation is 1. The minimum Gasteiger partial charge on any atom is -0.322 e. The molecule has 1 heterocycles. The first-order chi connectivity index (χ1) is 11.1. The normalized spacial score (nSPS) is 18.1. The molecular weight excluding hydrogens is 291 g/mol. The van der Waals surface area contributed by atoms with E-state index in [-0.39, 0.29) is 24.2 Å². The van der Waals surface area contributed by atoms with Crippen LogP contribution in [0, 0.1) is 12.7 Å². The second-order valence-electron chi connectivity index (χ2n) is 6.01. The summed E-state index contributed by atoms with van der Waals surface area (Å²) in [6, 6.07) is 14.8. The Kier molecular flexibility index (Phi) is 4.72. The van der Waals surface area contributed by atoms with Crippen LogP contribution in [0.5, 0.6) is 0 Å². The molecule has 4 heteroatoms. The van der Waals surface area contributed by atoms with E-state index >= 15 is 0 Å². The van der Waals surface area contributed by atoms with E-state index in [9.17, 15) is 9.18 Å². The number of hydrogen-bond acceptors (Lipinski definition) is 2. The van der Waals surface area contributed by atoms with Gasteiger partial charge in [0.15, 0.2) is 0 Å². The molecule has 0 saturated carbocycles. The van der Waals surface area contributed by atoms with Gasteiger partial charge in [-0.2, -0.15) is 0 Å². The molecule has 2 aromatic carbocycles. The van der Waals surface area contributed by atoms with Crippen LogP contribution in [0.4, 0.5) is 10.1 Å². The van der Waals surface area contributed by atoms with Gasteiger partial charge in [-0.3, -0.25) is 9.69 Å². The number of para-hydroxylation sites is 1. The lowest BCUT2D eigenvalue weighted by Gasteiger charge is -2.25. The third-order valence-electron chi connectivity index (χ3n) is 4.41. The van der Waals surface area contributed by atoms with E-state index in [2.05, 4.69) is 29.3 Å². The summed E-state index contributed by atoms with van der Waals surface area (Å²) in [6.07, 6.45) is 2.13. The zero-order chi connectivity index (χ0) is 16.2. The van der Waals surface area contributed by atoms with Gasteiger partial charge in [0.1, 0.15) is 5.82 Å². The van der Waals surface area contributed by atoms with Crippen LogP contribution >= 0.6 is 0 Å². The van der Waals surface area contributed by atoms with Crippen LogP contribution in [0.2, 0.25) is 0 Å². The maximum absolute atomic E-state index is 13.6. The summed E-state index contributed by atoms with van der Waals surface area (Å²) >= 11 is 0. The molecule has 120 valence electrons. The van der Waals surface area contributed by atoms with E-state index < -0.39 is 5.82 Å². The van der Waals surface area contributed by atoms with E-state index in [1.54, 1.807) is 18.2 Å². The fraction of sp³-hybridized carbons (Fsp3) is 0.316. The molecular formula is C19H21FN2O. The van der Waals surface area contributed by atoms with Gasteiger partial charge in [-0.1, -0.05) is 36.4 Å². The Hall–Kier alpha value is -2.20. The lowest BCUT2D eigenvalue weighted by atomic mass is 9.99. The van der Waals surface area contributed by atoms with Crippen molar-refractivity contribution in [3.8, 4) is 0 Å². The van der Waals surface area contributed by atoms with Crippen molar-refractivity contribution >= 4 is 11.6 Å². The van der Waals surface area contributed by atoms with E-state index in [4.69, 9.17) is 0 Å². The molecule has 1 atom stereocenters. The Balaban J connectivity index is 1.68. The van der Waals surface area contributed by atoms with E-state index in [0.29, 0.717) is 0 Å². The largest absolute Gasteiger partial charge is 0.322 e. The molecule has 0 spiro atoms. The molecule has 1 aliphatic rings. The van der Waals surface area contributed by atoms with Crippen molar-refractivity contribution in [1.29, 1.82) is 0 Å². The highest BCUT2D eigenvalue weighted by atomic mass is 19.1. The molecule has 1 aliphatic heterocycles. The topological polar surface area (TPSA) is 32.3 Å². The molecule has 1 saturated heterocycles. The summed E-state index contributed by atoms with van der Waals surface area (Å²) in [4.78, 5) is 14.4. The van der Waals surface area contributed by atoms with Crippen molar-refractivity contribution < 1.29 is 9.18 Å². The summed E-state index contributed by atoms with van der Waals surface area (Å²) in [5.74, 6) is -0.576. The van der Waals surface area contributed by atoms with Gasteiger partial charge in [0.2, 0.25) is 5.91 Å². The molecule has 0 aromatic heterocycles. The van der Waals surface area contributed by atoms with Crippen LogP contribution < -0.4 is 5.32 Å². The van der Waals surface area contributed by atoms with Crippen LogP contribution in [0.25, 0.3) is 0 Å². The number of rotatable bonds is 4. The van der Waals surface area contributed by atoms with Gasteiger partial charge in [0.05, 0.1) is 12.2 Å². The molecule has 1 fully saturated rings. The quantitative estimate of drug-likeness (QED) is 0.928. The Labute approximate surface area is 136 Å². The van der Waals surface area contributed by atoms with E-state index in [0.717, 1.165) is 19.4 Å². The van der Waals surface area contributed by atoms with Crippen molar-refractivity contribution in [3.63, 3.8) is 0 Å². The molecule has 3 nitrogen and oxygen atoms in total. The van der Waals surface area contributed by atoms with Gasteiger partial charge in [0.25, 0.3) is 0 Å². The van der Waals surface area contributed by atoms with Crippen molar-refractivity contribution in [2.75, 3.05) is 18.4 Å². The van der Waals surface area contributed by atoms with E-state index in [1.165, 1.54) is 17.2 Å².